The number of rotatable bonds is 5. The molecule has 0 spiro atoms. The summed E-state index contributed by atoms with van der Waals surface area (Å²) in [6.07, 6.45) is 1.95. The van der Waals surface area contributed by atoms with Gasteiger partial charge in [-0.1, -0.05) is 53.2 Å². The van der Waals surface area contributed by atoms with Crippen molar-refractivity contribution in [2.45, 2.75) is 12.8 Å². The Morgan fingerprint density at radius 1 is 1.36 bits per heavy atom. The largest absolute Gasteiger partial charge is 0.481 e. The molecule has 1 aliphatic heterocycles. The Bertz CT molecular complexity index is 656. The molecule has 1 aliphatic rings. The fourth-order valence-corrected chi connectivity index (χ4v) is 3.66. The van der Waals surface area contributed by atoms with Crippen molar-refractivity contribution >= 4 is 69.5 Å². The predicted octanol–water partition coefficient (Wildman–Crippen LogP) is 4.06. The van der Waals surface area contributed by atoms with Crippen molar-refractivity contribution in [2.24, 2.45) is 0 Å². The van der Waals surface area contributed by atoms with Gasteiger partial charge in [-0.15, -0.1) is 0 Å². The van der Waals surface area contributed by atoms with Crippen molar-refractivity contribution in [3.8, 4) is 0 Å². The van der Waals surface area contributed by atoms with Gasteiger partial charge in [0.05, 0.1) is 4.91 Å². The van der Waals surface area contributed by atoms with E-state index in [4.69, 9.17) is 40.5 Å². The molecule has 0 aromatic heterocycles. The molecule has 1 heterocycles. The smallest absolute Gasteiger partial charge is 0.303 e. The van der Waals surface area contributed by atoms with Crippen LogP contribution in [0.15, 0.2) is 23.1 Å². The summed E-state index contributed by atoms with van der Waals surface area (Å²) in [6, 6.07) is 5.10. The SMILES string of the molecule is O=C(O)CCCN1C(=O)/C(=C/c2c(Cl)cccc2Cl)SC1=S. The van der Waals surface area contributed by atoms with Crippen LogP contribution in [0.4, 0.5) is 0 Å². The van der Waals surface area contributed by atoms with E-state index >= 15 is 0 Å². The van der Waals surface area contributed by atoms with E-state index in [2.05, 4.69) is 0 Å². The molecule has 4 nitrogen and oxygen atoms in total. The van der Waals surface area contributed by atoms with E-state index in [1.807, 2.05) is 0 Å². The maximum Gasteiger partial charge on any atom is 0.303 e. The number of benzene rings is 1. The van der Waals surface area contributed by atoms with Crippen LogP contribution in [0.3, 0.4) is 0 Å². The first kappa shape index (κ1) is 17.3. The molecule has 22 heavy (non-hydrogen) atoms. The molecule has 1 N–H and O–H groups in total. The van der Waals surface area contributed by atoms with Crippen LogP contribution in [0.1, 0.15) is 18.4 Å². The second kappa shape index (κ2) is 7.46. The minimum atomic E-state index is -0.899. The number of carboxylic acids is 1. The van der Waals surface area contributed by atoms with Gasteiger partial charge in [0.25, 0.3) is 5.91 Å². The monoisotopic (exact) mass is 375 g/mol. The second-order valence-corrected chi connectivity index (χ2v) is 6.96. The third-order valence-electron chi connectivity index (χ3n) is 2.92. The molecule has 0 atom stereocenters. The average Bonchev–Trinajstić information content (AvgIpc) is 2.70. The Labute approximate surface area is 147 Å². The predicted molar refractivity (Wildman–Crippen MR) is 93.2 cm³/mol. The van der Waals surface area contributed by atoms with E-state index in [-0.39, 0.29) is 18.9 Å². The fraction of sp³-hybridized carbons (Fsp3) is 0.214. The van der Waals surface area contributed by atoms with Gasteiger partial charge in [0, 0.05) is 28.6 Å². The minimum Gasteiger partial charge on any atom is -0.481 e. The quantitative estimate of drug-likeness (QED) is 0.621. The topological polar surface area (TPSA) is 57.6 Å². The van der Waals surface area contributed by atoms with Gasteiger partial charge in [-0.3, -0.25) is 14.5 Å². The van der Waals surface area contributed by atoms with E-state index in [1.165, 1.54) is 4.90 Å². The zero-order valence-corrected chi connectivity index (χ0v) is 14.4. The van der Waals surface area contributed by atoms with Crippen LogP contribution in [0.25, 0.3) is 6.08 Å². The number of nitrogens with zero attached hydrogens (tertiary/aromatic N) is 1. The molecule has 0 radical (unpaired) electrons. The van der Waals surface area contributed by atoms with Crippen molar-refractivity contribution in [3.63, 3.8) is 0 Å². The number of carbonyl (C=O) groups excluding carboxylic acids is 1. The van der Waals surface area contributed by atoms with Crippen molar-refractivity contribution < 1.29 is 14.7 Å². The van der Waals surface area contributed by atoms with E-state index in [1.54, 1.807) is 24.3 Å². The number of halogens is 2. The number of aliphatic carboxylic acids is 1. The number of thioether (sulfide) groups is 1. The molecule has 0 aliphatic carbocycles. The Kier molecular flexibility index (Phi) is 5.86. The summed E-state index contributed by atoms with van der Waals surface area (Å²) in [6.45, 7) is 0.282. The summed E-state index contributed by atoms with van der Waals surface area (Å²) in [5.41, 5.74) is 0.567. The first-order valence-corrected chi connectivity index (χ1v) is 8.29. The number of carbonyl (C=O) groups is 2. The standard InChI is InChI=1S/C14H11Cl2NO3S2/c15-9-3-1-4-10(16)8(9)7-11-13(20)17(14(21)22-11)6-2-5-12(18)19/h1,3-4,7H,2,5-6H2,(H,18,19)/b11-7-. The van der Waals surface area contributed by atoms with Gasteiger partial charge >= 0.3 is 5.97 Å². The summed E-state index contributed by atoms with van der Waals surface area (Å²) in [5, 5.41) is 9.54. The minimum absolute atomic E-state index is 0.00749. The molecular weight excluding hydrogens is 365 g/mol. The number of thiocarbonyl (C=S) groups is 1. The van der Waals surface area contributed by atoms with Crippen molar-refractivity contribution in [1.29, 1.82) is 0 Å². The highest BCUT2D eigenvalue weighted by Crippen LogP contribution is 2.35. The van der Waals surface area contributed by atoms with Crippen molar-refractivity contribution in [2.75, 3.05) is 6.54 Å². The van der Waals surface area contributed by atoms with Gasteiger partial charge in [-0.2, -0.15) is 0 Å². The van der Waals surface area contributed by atoms with Crippen LogP contribution >= 0.6 is 47.2 Å². The molecule has 1 saturated heterocycles. The molecule has 0 saturated carbocycles. The number of amides is 1. The lowest BCUT2D eigenvalue weighted by molar-refractivity contribution is -0.137. The molecule has 116 valence electrons. The second-order valence-electron chi connectivity index (χ2n) is 4.47. The van der Waals surface area contributed by atoms with Crippen LogP contribution < -0.4 is 0 Å². The Morgan fingerprint density at radius 2 is 2.00 bits per heavy atom. The van der Waals surface area contributed by atoms with Crippen LogP contribution in [0.5, 0.6) is 0 Å². The molecule has 1 fully saturated rings. The van der Waals surface area contributed by atoms with E-state index < -0.39 is 5.97 Å². The first-order chi connectivity index (χ1) is 10.4. The van der Waals surface area contributed by atoms with Crippen LogP contribution in [-0.2, 0) is 9.59 Å². The number of hydrogen-bond donors (Lipinski definition) is 1. The molecular formula is C14H11Cl2NO3S2. The average molecular weight is 376 g/mol. The summed E-state index contributed by atoms with van der Waals surface area (Å²) >= 11 is 18.5. The Hall–Kier alpha value is -1.08. The lowest BCUT2D eigenvalue weighted by Crippen LogP contribution is -2.29. The summed E-state index contributed by atoms with van der Waals surface area (Å²) in [7, 11) is 0. The highest BCUT2D eigenvalue weighted by atomic mass is 35.5. The highest BCUT2D eigenvalue weighted by molar-refractivity contribution is 8.26. The molecule has 2 rings (SSSR count). The summed E-state index contributed by atoms with van der Waals surface area (Å²) in [5.74, 6) is -1.15. The molecule has 1 aromatic rings. The van der Waals surface area contributed by atoms with Crippen LogP contribution in [0, 0.1) is 0 Å². The summed E-state index contributed by atoms with van der Waals surface area (Å²) in [4.78, 5) is 24.7. The third-order valence-corrected chi connectivity index (χ3v) is 4.96. The highest BCUT2D eigenvalue weighted by Gasteiger charge is 2.31. The Balaban J connectivity index is 2.17. The van der Waals surface area contributed by atoms with Gasteiger partial charge in [0.15, 0.2) is 0 Å². The fourth-order valence-electron chi connectivity index (χ4n) is 1.86. The molecule has 1 aromatic carbocycles. The maximum atomic E-state index is 12.3. The van der Waals surface area contributed by atoms with Crippen LogP contribution in [-0.4, -0.2) is 32.7 Å². The number of carboxylic acid groups (broad SMARTS) is 1. The lowest BCUT2D eigenvalue weighted by atomic mass is 10.2. The van der Waals surface area contributed by atoms with Gasteiger partial charge in [0.2, 0.25) is 0 Å². The molecule has 8 heteroatoms. The van der Waals surface area contributed by atoms with Crippen molar-refractivity contribution in [3.05, 3.63) is 38.7 Å². The zero-order valence-electron chi connectivity index (χ0n) is 11.2. The van der Waals surface area contributed by atoms with E-state index in [0.717, 1.165) is 11.8 Å². The number of hydrogen-bond acceptors (Lipinski definition) is 4. The lowest BCUT2D eigenvalue weighted by Gasteiger charge is -2.13. The normalized spacial score (nSPS) is 16.6. The van der Waals surface area contributed by atoms with Crippen LogP contribution in [0.2, 0.25) is 10.0 Å². The van der Waals surface area contributed by atoms with Crippen molar-refractivity contribution in [1.82, 2.24) is 4.90 Å². The first-order valence-electron chi connectivity index (χ1n) is 6.31. The Morgan fingerprint density at radius 3 is 2.59 bits per heavy atom. The van der Waals surface area contributed by atoms with Gasteiger partial charge in [-0.25, -0.2) is 0 Å². The molecule has 0 bridgehead atoms. The van der Waals surface area contributed by atoms with Gasteiger partial charge in [-0.05, 0) is 24.6 Å². The van der Waals surface area contributed by atoms with Gasteiger partial charge < -0.3 is 5.11 Å². The molecule has 1 amide bonds. The molecule has 0 unspecified atom stereocenters. The van der Waals surface area contributed by atoms with Gasteiger partial charge in [0.1, 0.15) is 4.32 Å². The van der Waals surface area contributed by atoms with E-state index in [0.29, 0.717) is 31.3 Å². The third kappa shape index (κ3) is 4.01. The van der Waals surface area contributed by atoms with E-state index in [9.17, 15) is 9.59 Å². The summed E-state index contributed by atoms with van der Waals surface area (Å²) < 4.78 is 0.407. The maximum absolute atomic E-state index is 12.3. The zero-order chi connectivity index (χ0) is 16.3.